The summed E-state index contributed by atoms with van der Waals surface area (Å²) in [4.78, 5) is 27.2. The molecule has 0 radical (unpaired) electrons. The Morgan fingerprint density at radius 3 is 2.32 bits per heavy atom. The number of carbonyl (C=O) groups is 2. The first-order valence-corrected chi connectivity index (χ1v) is 11.4. The summed E-state index contributed by atoms with van der Waals surface area (Å²) >= 11 is 0. The van der Waals surface area contributed by atoms with Crippen LogP contribution in [0.3, 0.4) is 0 Å². The highest BCUT2D eigenvalue weighted by Crippen LogP contribution is 2.29. The van der Waals surface area contributed by atoms with Crippen molar-refractivity contribution >= 4 is 17.5 Å². The lowest BCUT2D eigenvalue weighted by Gasteiger charge is -2.30. The number of benzene rings is 3. The minimum absolute atomic E-state index is 0.000384. The second kappa shape index (κ2) is 11.4. The monoisotopic (exact) mass is 461 g/mol. The molecule has 2 N–H and O–H groups in total. The van der Waals surface area contributed by atoms with Crippen molar-refractivity contribution in [3.63, 3.8) is 0 Å². The fourth-order valence-electron chi connectivity index (χ4n) is 3.96. The highest BCUT2D eigenvalue weighted by Gasteiger charge is 2.26. The highest BCUT2D eigenvalue weighted by molar-refractivity contribution is 5.93. The lowest BCUT2D eigenvalue weighted by atomic mass is 9.96. The number of hydrogen-bond donors (Lipinski definition) is 2. The van der Waals surface area contributed by atoms with Gasteiger partial charge >= 0.3 is 0 Å². The fraction of sp³-hybridized carbons (Fsp3) is 0.259. The smallest absolute Gasteiger partial charge is 0.238 e. The Morgan fingerprint density at radius 1 is 0.912 bits per heavy atom. The van der Waals surface area contributed by atoms with Crippen LogP contribution in [0.25, 0.3) is 0 Å². The number of rotatable bonds is 8. The summed E-state index contributed by atoms with van der Waals surface area (Å²) in [6.07, 6.45) is 1.38. The van der Waals surface area contributed by atoms with E-state index in [0.29, 0.717) is 49.7 Å². The van der Waals surface area contributed by atoms with Crippen molar-refractivity contribution in [2.75, 3.05) is 25.0 Å². The molecule has 0 aliphatic carbocycles. The number of anilines is 1. The molecule has 1 aliphatic rings. The zero-order chi connectivity index (χ0) is 23.8. The largest absolute Gasteiger partial charge is 0.455 e. The lowest BCUT2D eigenvalue weighted by molar-refractivity contribution is -0.126. The van der Waals surface area contributed by atoms with Gasteiger partial charge in [-0.1, -0.05) is 42.5 Å². The molecule has 4 rings (SSSR count). The van der Waals surface area contributed by atoms with Crippen molar-refractivity contribution < 1.29 is 18.7 Å². The molecule has 0 saturated carbocycles. The second-order valence-corrected chi connectivity index (χ2v) is 8.35. The van der Waals surface area contributed by atoms with E-state index in [9.17, 15) is 14.0 Å². The molecule has 1 heterocycles. The molecule has 3 aromatic carbocycles. The first-order chi connectivity index (χ1) is 16.6. The van der Waals surface area contributed by atoms with Crippen molar-refractivity contribution in [3.8, 4) is 11.5 Å². The summed E-state index contributed by atoms with van der Waals surface area (Å²) in [5.41, 5.74) is 1.48. The fourth-order valence-corrected chi connectivity index (χ4v) is 3.96. The van der Waals surface area contributed by atoms with Crippen LogP contribution in [0, 0.1) is 11.7 Å². The van der Waals surface area contributed by atoms with Gasteiger partial charge in [-0.3, -0.25) is 14.5 Å². The average molecular weight is 462 g/mol. The summed E-state index contributed by atoms with van der Waals surface area (Å²) in [6, 6.07) is 22.9. The van der Waals surface area contributed by atoms with E-state index in [1.54, 1.807) is 12.1 Å². The summed E-state index contributed by atoms with van der Waals surface area (Å²) in [6.45, 7) is 1.98. The molecule has 2 amide bonds. The molecule has 6 nitrogen and oxygen atoms in total. The molecule has 0 bridgehead atoms. The van der Waals surface area contributed by atoms with Gasteiger partial charge in [-0.15, -0.1) is 0 Å². The van der Waals surface area contributed by atoms with Gasteiger partial charge < -0.3 is 15.4 Å². The van der Waals surface area contributed by atoms with Crippen LogP contribution < -0.4 is 15.4 Å². The zero-order valence-corrected chi connectivity index (χ0v) is 18.9. The molecular weight excluding hydrogens is 433 g/mol. The summed E-state index contributed by atoms with van der Waals surface area (Å²) in [7, 11) is 0. The van der Waals surface area contributed by atoms with Crippen LogP contribution in [0.1, 0.15) is 18.4 Å². The van der Waals surface area contributed by atoms with E-state index in [1.807, 2.05) is 54.6 Å². The Kier molecular flexibility index (Phi) is 7.88. The molecular formula is C27H28FN3O3. The summed E-state index contributed by atoms with van der Waals surface area (Å²) < 4.78 is 18.9. The molecule has 1 fully saturated rings. The summed E-state index contributed by atoms with van der Waals surface area (Å²) in [5, 5.41) is 5.87. The molecule has 1 saturated heterocycles. The van der Waals surface area contributed by atoms with E-state index < -0.39 is 0 Å². The van der Waals surface area contributed by atoms with Crippen LogP contribution in [-0.2, 0) is 16.1 Å². The van der Waals surface area contributed by atoms with E-state index in [1.165, 1.54) is 12.1 Å². The van der Waals surface area contributed by atoms with Gasteiger partial charge in [0.05, 0.1) is 12.2 Å². The Bertz CT molecular complexity index is 1100. The highest BCUT2D eigenvalue weighted by atomic mass is 19.1. The van der Waals surface area contributed by atoms with Gasteiger partial charge in [0.2, 0.25) is 11.8 Å². The number of likely N-dealkylation sites (tertiary alicyclic amines) is 1. The molecule has 1 aliphatic heterocycles. The molecule has 3 aromatic rings. The Hall–Kier alpha value is -3.71. The first kappa shape index (κ1) is 23.4. The van der Waals surface area contributed by atoms with E-state index in [0.717, 1.165) is 5.56 Å². The first-order valence-electron chi connectivity index (χ1n) is 11.4. The lowest BCUT2D eigenvalue weighted by Crippen LogP contribution is -2.43. The third-order valence-corrected chi connectivity index (χ3v) is 5.84. The predicted molar refractivity (Wildman–Crippen MR) is 129 cm³/mol. The van der Waals surface area contributed by atoms with Gasteiger partial charge in [0.15, 0.2) is 5.75 Å². The van der Waals surface area contributed by atoms with E-state index in [-0.39, 0.29) is 30.1 Å². The number of nitrogens with zero attached hydrogens (tertiary/aromatic N) is 1. The minimum atomic E-state index is -0.293. The number of hydrogen-bond acceptors (Lipinski definition) is 4. The normalized spacial score (nSPS) is 14.4. The number of nitrogens with one attached hydrogen (secondary N) is 2. The SMILES string of the molecule is O=C(CN1CCC(C(=O)NCc2ccc(F)cc2)CC1)Nc1ccccc1Oc1ccccc1. The molecule has 176 valence electrons. The standard InChI is InChI=1S/C27H28FN3O3/c28-22-12-10-20(11-13-22)18-29-27(33)21-14-16-31(17-15-21)19-26(32)30-24-8-4-5-9-25(24)34-23-6-2-1-3-7-23/h1-13,21H,14-19H2,(H,29,33)(H,30,32). The number of amides is 2. The van der Waals surface area contributed by atoms with Crippen LogP contribution in [0.15, 0.2) is 78.9 Å². The molecule has 0 aromatic heterocycles. The Labute approximate surface area is 198 Å². The number of piperidine rings is 1. The van der Waals surface area contributed by atoms with E-state index >= 15 is 0 Å². The van der Waals surface area contributed by atoms with Crippen LogP contribution in [0.2, 0.25) is 0 Å². The van der Waals surface area contributed by atoms with Crippen LogP contribution >= 0.6 is 0 Å². The maximum Gasteiger partial charge on any atom is 0.238 e. The molecule has 0 atom stereocenters. The van der Waals surface area contributed by atoms with Crippen molar-refractivity contribution in [3.05, 3.63) is 90.2 Å². The van der Waals surface area contributed by atoms with Crippen LogP contribution in [-0.4, -0.2) is 36.3 Å². The van der Waals surface area contributed by atoms with Gasteiger partial charge in [0.1, 0.15) is 11.6 Å². The zero-order valence-electron chi connectivity index (χ0n) is 18.9. The van der Waals surface area contributed by atoms with Gasteiger partial charge in [-0.25, -0.2) is 4.39 Å². The second-order valence-electron chi connectivity index (χ2n) is 8.35. The van der Waals surface area contributed by atoms with Gasteiger partial charge in [-0.05, 0) is 67.9 Å². The third-order valence-electron chi connectivity index (χ3n) is 5.84. The molecule has 7 heteroatoms. The molecule has 34 heavy (non-hydrogen) atoms. The number of halogens is 1. The van der Waals surface area contributed by atoms with Crippen molar-refractivity contribution in [1.29, 1.82) is 0 Å². The van der Waals surface area contributed by atoms with Crippen molar-refractivity contribution in [2.24, 2.45) is 5.92 Å². The van der Waals surface area contributed by atoms with Gasteiger partial charge in [-0.2, -0.15) is 0 Å². The van der Waals surface area contributed by atoms with Gasteiger partial charge in [0, 0.05) is 12.5 Å². The molecule has 0 unspecified atom stereocenters. The third kappa shape index (κ3) is 6.65. The van der Waals surface area contributed by atoms with Crippen molar-refractivity contribution in [1.82, 2.24) is 10.2 Å². The van der Waals surface area contributed by atoms with E-state index in [4.69, 9.17) is 4.74 Å². The topological polar surface area (TPSA) is 70.7 Å². The van der Waals surface area contributed by atoms with Crippen LogP contribution in [0.5, 0.6) is 11.5 Å². The Morgan fingerprint density at radius 2 is 1.59 bits per heavy atom. The number of ether oxygens (including phenoxy) is 1. The maximum absolute atomic E-state index is 13.0. The molecule has 0 spiro atoms. The van der Waals surface area contributed by atoms with Crippen LogP contribution in [0.4, 0.5) is 10.1 Å². The Balaban J connectivity index is 1.22. The maximum atomic E-state index is 13.0. The number of para-hydroxylation sites is 3. The predicted octanol–water partition coefficient (Wildman–Crippen LogP) is 4.58. The minimum Gasteiger partial charge on any atom is -0.455 e. The summed E-state index contributed by atoms with van der Waals surface area (Å²) in [5.74, 6) is 0.782. The quantitative estimate of drug-likeness (QED) is 0.515. The van der Waals surface area contributed by atoms with E-state index in [2.05, 4.69) is 15.5 Å². The average Bonchev–Trinajstić information content (AvgIpc) is 2.86. The van der Waals surface area contributed by atoms with Gasteiger partial charge in [0.25, 0.3) is 0 Å². The number of carbonyl (C=O) groups excluding carboxylic acids is 2. The van der Waals surface area contributed by atoms with Crippen molar-refractivity contribution in [2.45, 2.75) is 19.4 Å².